The second-order valence-electron chi connectivity index (χ2n) is 3.66. The van der Waals surface area contributed by atoms with Crippen molar-refractivity contribution in [2.75, 3.05) is 0 Å². The Balaban J connectivity index is 2.15. The number of aromatic nitrogens is 4. The van der Waals surface area contributed by atoms with Gasteiger partial charge in [-0.15, -0.1) is 4.68 Å². The third kappa shape index (κ3) is 1.44. The molecule has 0 aliphatic carbocycles. The maximum atomic E-state index is 4.15. The molecule has 5 heteroatoms. The standard InChI is InChI=1S/C11H9BrN4/c1-15-11-14-10(6-16(11)7-13-15)8-2-4-9(12)5-3-8/h2-7H,1H3/p+1. The normalized spacial score (nSPS) is 11.1. The molecule has 0 saturated carbocycles. The maximum Gasteiger partial charge on any atom is 0.353 e. The quantitative estimate of drug-likeness (QED) is 0.678. The third-order valence-electron chi connectivity index (χ3n) is 2.57. The van der Waals surface area contributed by atoms with Crippen LogP contribution in [0.15, 0.2) is 41.3 Å². The number of fused-ring (bicyclic) bond motifs is 1. The van der Waals surface area contributed by atoms with Crippen LogP contribution in [0.25, 0.3) is 17.0 Å². The molecule has 1 aromatic carbocycles. The van der Waals surface area contributed by atoms with E-state index < -0.39 is 0 Å². The van der Waals surface area contributed by atoms with Crippen molar-refractivity contribution in [3.05, 3.63) is 41.3 Å². The van der Waals surface area contributed by atoms with Crippen LogP contribution in [0.2, 0.25) is 0 Å². The first-order valence-electron chi connectivity index (χ1n) is 4.92. The molecule has 16 heavy (non-hydrogen) atoms. The van der Waals surface area contributed by atoms with Crippen molar-refractivity contribution in [2.24, 2.45) is 7.05 Å². The van der Waals surface area contributed by atoms with E-state index in [0.717, 1.165) is 21.5 Å². The van der Waals surface area contributed by atoms with Crippen LogP contribution in [-0.4, -0.2) is 14.8 Å². The lowest BCUT2D eigenvalue weighted by Gasteiger charge is -1.94. The molecule has 3 aromatic rings. The lowest BCUT2D eigenvalue weighted by Crippen LogP contribution is -2.14. The van der Waals surface area contributed by atoms with Gasteiger partial charge in [-0.05, 0) is 17.2 Å². The molecule has 0 aliphatic heterocycles. The monoisotopic (exact) mass is 277 g/mol. The zero-order chi connectivity index (χ0) is 11.1. The number of hydrogen-bond donors (Lipinski definition) is 1. The highest BCUT2D eigenvalue weighted by atomic mass is 79.9. The predicted octanol–water partition coefficient (Wildman–Crippen LogP) is 1.92. The summed E-state index contributed by atoms with van der Waals surface area (Å²) < 4.78 is 4.86. The van der Waals surface area contributed by atoms with E-state index in [0.29, 0.717) is 0 Å². The Morgan fingerprint density at radius 2 is 2.06 bits per heavy atom. The lowest BCUT2D eigenvalue weighted by molar-refractivity contribution is -0.510. The first-order valence-corrected chi connectivity index (χ1v) is 5.71. The van der Waals surface area contributed by atoms with Crippen LogP contribution in [0.4, 0.5) is 0 Å². The topological polar surface area (TPSA) is 37.7 Å². The van der Waals surface area contributed by atoms with Crippen LogP contribution in [-0.2, 0) is 7.05 Å². The van der Waals surface area contributed by atoms with Gasteiger partial charge in [0, 0.05) is 10.0 Å². The van der Waals surface area contributed by atoms with Crippen molar-refractivity contribution in [1.29, 1.82) is 0 Å². The fraction of sp³-hybridized carbons (Fsp3) is 0.0909. The smallest absolute Gasteiger partial charge is 0.259 e. The van der Waals surface area contributed by atoms with Gasteiger partial charge in [-0.2, -0.15) is 4.40 Å². The average Bonchev–Trinajstić information content (AvgIpc) is 2.83. The molecular formula is C11H10BrN4+. The van der Waals surface area contributed by atoms with Gasteiger partial charge in [0.1, 0.15) is 5.69 Å². The Bertz CT molecular complexity index is 636. The van der Waals surface area contributed by atoms with Gasteiger partial charge < -0.3 is 0 Å². The van der Waals surface area contributed by atoms with Crippen molar-refractivity contribution >= 4 is 21.7 Å². The van der Waals surface area contributed by atoms with Gasteiger partial charge in [-0.25, -0.2) is 0 Å². The maximum absolute atomic E-state index is 4.15. The van der Waals surface area contributed by atoms with E-state index in [1.807, 2.05) is 34.5 Å². The van der Waals surface area contributed by atoms with E-state index in [1.54, 1.807) is 6.33 Å². The second kappa shape index (κ2) is 3.45. The number of rotatable bonds is 1. The highest BCUT2D eigenvalue weighted by molar-refractivity contribution is 9.10. The summed E-state index contributed by atoms with van der Waals surface area (Å²) in [5, 5.41) is 4.15. The minimum atomic E-state index is 0.970. The van der Waals surface area contributed by atoms with Gasteiger partial charge >= 0.3 is 5.78 Å². The van der Waals surface area contributed by atoms with E-state index in [2.05, 4.69) is 38.1 Å². The van der Waals surface area contributed by atoms with Crippen LogP contribution in [0, 0.1) is 0 Å². The number of hydrogen-bond acceptors (Lipinski definition) is 1. The van der Waals surface area contributed by atoms with Crippen LogP contribution >= 0.6 is 15.9 Å². The van der Waals surface area contributed by atoms with Gasteiger partial charge in [-0.1, -0.05) is 28.1 Å². The summed E-state index contributed by atoms with van der Waals surface area (Å²) >= 11 is 3.43. The number of imidazole rings is 1. The van der Waals surface area contributed by atoms with Crippen LogP contribution < -0.4 is 4.40 Å². The van der Waals surface area contributed by atoms with E-state index in [9.17, 15) is 0 Å². The number of halogens is 1. The fourth-order valence-electron chi connectivity index (χ4n) is 1.72. The number of nitrogens with one attached hydrogen (secondary N) is 1. The van der Waals surface area contributed by atoms with Gasteiger partial charge in [0.2, 0.25) is 6.33 Å². The largest absolute Gasteiger partial charge is 0.353 e. The summed E-state index contributed by atoms with van der Waals surface area (Å²) in [7, 11) is 1.91. The highest BCUT2D eigenvalue weighted by Gasteiger charge is 2.12. The molecule has 1 N–H and O–H groups in total. The van der Waals surface area contributed by atoms with E-state index >= 15 is 0 Å². The molecule has 0 saturated heterocycles. The summed E-state index contributed by atoms with van der Waals surface area (Å²) in [5.74, 6) is 0.970. The molecule has 0 atom stereocenters. The lowest BCUT2D eigenvalue weighted by atomic mass is 10.2. The van der Waals surface area contributed by atoms with Crippen molar-refractivity contribution in [2.45, 2.75) is 0 Å². The molecule has 4 nitrogen and oxygen atoms in total. The molecule has 2 aromatic heterocycles. The Hall–Kier alpha value is -1.62. The van der Waals surface area contributed by atoms with Gasteiger partial charge in [0.25, 0.3) is 0 Å². The molecule has 0 unspecified atom stereocenters. The Morgan fingerprint density at radius 3 is 2.75 bits per heavy atom. The number of aromatic amines is 1. The molecule has 0 radical (unpaired) electrons. The van der Waals surface area contributed by atoms with E-state index in [-0.39, 0.29) is 0 Å². The Morgan fingerprint density at radius 1 is 1.31 bits per heavy atom. The molecule has 3 rings (SSSR count). The molecule has 0 bridgehead atoms. The van der Waals surface area contributed by atoms with Gasteiger partial charge in [0.05, 0.1) is 13.2 Å². The first kappa shape index (κ1) is 9.59. The number of H-pyrrole nitrogens is 1. The Kier molecular flexibility index (Phi) is 2.07. The first-order chi connectivity index (χ1) is 7.74. The van der Waals surface area contributed by atoms with Crippen LogP contribution in [0.5, 0.6) is 0 Å². The SMILES string of the molecule is Cn1nc[n+]2cc(-c3ccc(Br)cc3)[nH]c12. The fourth-order valence-corrected chi connectivity index (χ4v) is 1.98. The summed E-state index contributed by atoms with van der Waals surface area (Å²) in [6.07, 6.45) is 3.82. The van der Waals surface area contributed by atoms with Crippen molar-refractivity contribution < 1.29 is 4.40 Å². The number of aryl methyl sites for hydroxylation is 1. The minimum absolute atomic E-state index is 0.970. The van der Waals surface area contributed by atoms with Crippen LogP contribution in [0.3, 0.4) is 0 Å². The van der Waals surface area contributed by atoms with E-state index in [4.69, 9.17) is 0 Å². The van der Waals surface area contributed by atoms with Crippen LogP contribution in [0.1, 0.15) is 0 Å². The van der Waals surface area contributed by atoms with Gasteiger partial charge in [-0.3, -0.25) is 4.98 Å². The minimum Gasteiger partial charge on any atom is -0.259 e. The summed E-state index contributed by atoms with van der Waals surface area (Å²) in [6, 6.07) is 8.21. The second-order valence-corrected chi connectivity index (χ2v) is 4.58. The molecule has 0 amide bonds. The Labute approximate surface area is 101 Å². The summed E-state index contributed by atoms with van der Waals surface area (Å²) in [5.41, 5.74) is 2.24. The molecule has 0 spiro atoms. The third-order valence-corrected chi connectivity index (χ3v) is 3.10. The van der Waals surface area contributed by atoms with Crippen molar-refractivity contribution in [3.8, 4) is 11.3 Å². The number of nitrogens with zero attached hydrogens (tertiary/aromatic N) is 3. The predicted molar refractivity (Wildman–Crippen MR) is 63.9 cm³/mol. The number of benzene rings is 1. The highest BCUT2D eigenvalue weighted by Crippen LogP contribution is 2.19. The molecule has 0 aliphatic rings. The molecule has 80 valence electrons. The molecular weight excluding hydrogens is 268 g/mol. The molecule has 2 heterocycles. The zero-order valence-electron chi connectivity index (χ0n) is 8.68. The zero-order valence-corrected chi connectivity index (χ0v) is 10.3. The van der Waals surface area contributed by atoms with Crippen molar-refractivity contribution in [3.63, 3.8) is 0 Å². The van der Waals surface area contributed by atoms with Crippen molar-refractivity contribution in [1.82, 2.24) is 14.8 Å². The summed E-state index contributed by atoms with van der Waals surface area (Å²) in [6.45, 7) is 0. The molecule has 0 fully saturated rings. The van der Waals surface area contributed by atoms with E-state index in [1.165, 1.54) is 0 Å². The average molecular weight is 278 g/mol. The summed E-state index contributed by atoms with van der Waals surface area (Å²) in [4.78, 5) is 3.33. The van der Waals surface area contributed by atoms with Gasteiger partial charge in [0.15, 0.2) is 0 Å².